The van der Waals surface area contributed by atoms with Crippen molar-refractivity contribution in [1.29, 1.82) is 0 Å². The van der Waals surface area contributed by atoms with Gasteiger partial charge in [-0.25, -0.2) is 5.84 Å². The number of carbonyl (C=O) groups excluding carboxylic acids is 1. The Labute approximate surface area is 103 Å². The normalized spacial score (nSPS) is 10.3. The molecule has 0 saturated heterocycles. The van der Waals surface area contributed by atoms with E-state index in [0.29, 0.717) is 17.1 Å². The van der Waals surface area contributed by atoms with Gasteiger partial charge in [-0.2, -0.15) is 5.10 Å². The van der Waals surface area contributed by atoms with Gasteiger partial charge < -0.3 is 9.15 Å². The fraction of sp³-hybridized carbons (Fsp3) is 0.273. The Balaban J connectivity index is 2.02. The number of hydrazine groups is 1. The third kappa shape index (κ3) is 2.51. The van der Waals surface area contributed by atoms with E-state index in [1.54, 1.807) is 17.1 Å². The average molecular weight is 250 g/mol. The molecule has 0 aliphatic carbocycles. The number of hydrogen-bond acceptors (Lipinski definition) is 5. The highest BCUT2D eigenvalue weighted by atomic mass is 16.5. The summed E-state index contributed by atoms with van der Waals surface area (Å²) in [6, 6.07) is 1.54. The van der Waals surface area contributed by atoms with Crippen molar-refractivity contribution in [3.63, 3.8) is 0 Å². The summed E-state index contributed by atoms with van der Waals surface area (Å²) in [4.78, 5) is 11.4. The van der Waals surface area contributed by atoms with Crippen LogP contribution in [-0.4, -0.2) is 15.7 Å². The van der Waals surface area contributed by atoms with Gasteiger partial charge in [0.2, 0.25) is 0 Å². The van der Waals surface area contributed by atoms with Crippen molar-refractivity contribution in [2.45, 2.75) is 20.1 Å². The summed E-state index contributed by atoms with van der Waals surface area (Å²) in [7, 11) is 0. The van der Waals surface area contributed by atoms with Crippen molar-refractivity contribution < 1.29 is 13.9 Å². The first kappa shape index (κ1) is 12.2. The molecule has 0 aliphatic rings. The molecule has 18 heavy (non-hydrogen) atoms. The number of carbonyl (C=O) groups is 1. The van der Waals surface area contributed by atoms with E-state index in [-0.39, 0.29) is 6.61 Å². The van der Waals surface area contributed by atoms with E-state index < -0.39 is 5.91 Å². The number of aromatic nitrogens is 2. The van der Waals surface area contributed by atoms with Gasteiger partial charge in [-0.3, -0.25) is 14.9 Å². The largest absolute Gasteiger partial charge is 0.482 e. The van der Waals surface area contributed by atoms with Crippen LogP contribution in [0, 0.1) is 0 Å². The van der Waals surface area contributed by atoms with Gasteiger partial charge in [-0.15, -0.1) is 0 Å². The van der Waals surface area contributed by atoms with Crippen LogP contribution in [0.1, 0.15) is 23.0 Å². The van der Waals surface area contributed by atoms with Gasteiger partial charge >= 0.3 is 0 Å². The summed E-state index contributed by atoms with van der Waals surface area (Å²) in [5, 5.41) is 4.07. The van der Waals surface area contributed by atoms with Gasteiger partial charge in [-0.1, -0.05) is 0 Å². The number of aryl methyl sites for hydroxylation is 1. The fourth-order valence-electron chi connectivity index (χ4n) is 1.47. The molecule has 1 amide bonds. The quantitative estimate of drug-likeness (QED) is 0.462. The van der Waals surface area contributed by atoms with E-state index in [4.69, 9.17) is 15.0 Å². The minimum Gasteiger partial charge on any atom is -0.482 e. The number of furan rings is 1. The third-order valence-corrected chi connectivity index (χ3v) is 2.42. The second kappa shape index (κ2) is 5.37. The third-order valence-electron chi connectivity index (χ3n) is 2.42. The lowest BCUT2D eigenvalue weighted by atomic mass is 10.2. The van der Waals surface area contributed by atoms with E-state index in [0.717, 1.165) is 6.54 Å². The lowest BCUT2D eigenvalue weighted by Gasteiger charge is -2.03. The predicted molar refractivity (Wildman–Crippen MR) is 62.6 cm³/mol. The lowest BCUT2D eigenvalue weighted by Crippen LogP contribution is -2.30. The van der Waals surface area contributed by atoms with E-state index in [1.807, 2.05) is 12.3 Å². The molecule has 2 aromatic heterocycles. The minimum atomic E-state index is -0.411. The van der Waals surface area contributed by atoms with Gasteiger partial charge in [-0.05, 0) is 13.0 Å². The van der Waals surface area contributed by atoms with Crippen LogP contribution in [0.2, 0.25) is 0 Å². The minimum absolute atomic E-state index is 0.144. The topological polar surface area (TPSA) is 95.3 Å². The second-order valence-electron chi connectivity index (χ2n) is 3.55. The van der Waals surface area contributed by atoms with Crippen molar-refractivity contribution >= 4 is 5.91 Å². The number of nitrogens with two attached hydrogens (primary N) is 1. The standard InChI is InChI=1S/C11H14N4O3/c1-2-15-6-8(5-13-15)18-7-10-9(3-4-17-10)11(16)14-12/h3-6H,2,7,12H2,1H3,(H,14,16). The van der Waals surface area contributed by atoms with Crippen molar-refractivity contribution in [2.24, 2.45) is 5.84 Å². The average Bonchev–Trinajstić information content (AvgIpc) is 3.03. The maximum absolute atomic E-state index is 11.4. The molecule has 96 valence electrons. The number of nitrogens with one attached hydrogen (secondary N) is 1. The van der Waals surface area contributed by atoms with Crippen molar-refractivity contribution in [3.05, 3.63) is 36.0 Å². The van der Waals surface area contributed by atoms with Crippen LogP contribution in [0.3, 0.4) is 0 Å². The second-order valence-corrected chi connectivity index (χ2v) is 3.55. The Hall–Kier alpha value is -2.28. The maximum atomic E-state index is 11.4. The van der Waals surface area contributed by atoms with Crippen LogP contribution in [0.25, 0.3) is 0 Å². The summed E-state index contributed by atoms with van der Waals surface area (Å²) < 4.78 is 12.4. The van der Waals surface area contributed by atoms with Crippen molar-refractivity contribution in [2.75, 3.05) is 0 Å². The van der Waals surface area contributed by atoms with E-state index in [1.165, 1.54) is 12.3 Å². The van der Waals surface area contributed by atoms with Crippen LogP contribution in [0.5, 0.6) is 5.75 Å². The van der Waals surface area contributed by atoms with Gasteiger partial charge in [0.25, 0.3) is 5.91 Å². The molecule has 0 unspecified atom stereocenters. The molecule has 0 radical (unpaired) electrons. The van der Waals surface area contributed by atoms with Gasteiger partial charge in [0.15, 0.2) is 11.5 Å². The number of rotatable bonds is 5. The molecule has 2 aromatic rings. The Kier molecular flexibility index (Phi) is 3.63. The Morgan fingerprint density at radius 3 is 3.17 bits per heavy atom. The van der Waals surface area contributed by atoms with E-state index in [2.05, 4.69) is 5.10 Å². The first-order valence-corrected chi connectivity index (χ1v) is 5.47. The summed E-state index contributed by atoms with van der Waals surface area (Å²) >= 11 is 0. The number of ether oxygens (including phenoxy) is 1. The summed E-state index contributed by atoms with van der Waals surface area (Å²) in [5.41, 5.74) is 2.41. The highest BCUT2D eigenvalue weighted by molar-refractivity contribution is 5.94. The Bertz CT molecular complexity index is 532. The van der Waals surface area contributed by atoms with Crippen LogP contribution in [0.4, 0.5) is 0 Å². The SMILES string of the molecule is CCn1cc(OCc2occc2C(=O)NN)cn1. The Morgan fingerprint density at radius 2 is 2.50 bits per heavy atom. The van der Waals surface area contributed by atoms with Crippen LogP contribution < -0.4 is 16.0 Å². The van der Waals surface area contributed by atoms with Crippen LogP contribution >= 0.6 is 0 Å². The fourth-order valence-corrected chi connectivity index (χ4v) is 1.47. The molecular weight excluding hydrogens is 236 g/mol. The zero-order valence-electron chi connectivity index (χ0n) is 9.92. The molecule has 2 rings (SSSR count). The first-order valence-electron chi connectivity index (χ1n) is 5.47. The zero-order chi connectivity index (χ0) is 13.0. The molecule has 0 bridgehead atoms. The summed E-state index contributed by atoms with van der Waals surface area (Å²) in [6.45, 7) is 2.89. The monoisotopic (exact) mass is 250 g/mol. The summed E-state index contributed by atoms with van der Waals surface area (Å²) in [6.07, 6.45) is 4.79. The molecule has 0 aromatic carbocycles. The lowest BCUT2D eigenvalue weighted by molar-refractivity contribution is 0.0949. The van der Waals surface area contributed by atoms with E-state index >= 15 is 0 Å². The van der Waals surface area contributed by atoms with Gasteiger partial charge in [0, 0.05) is 6.54 Å². The molecule has 0 saturated carbocycles. The zero-order valence-corrected chi connectivity index (χ0v) is 9.92. The number of nitrogen functional groups attached to an aromatic ring is 1. The maximum Gasteiger partial charge on any atom is 0.268 e. The Morgan fingerprint density at radius 1 is 1.67 bits per heavy atom. The van der Waals surface area contributed by atoms with Gasteiger partial charge in [0.05, 0.1) is 24.2 Å². The smallest absolute Gasteiger partial charge is 0.268 e. The molecule has 2 heterocycles. The first-order chi connectivity index (χ1) is 8.74. The van der Waals surface area contributed by atoms with Crippen molar-refractivity contribution in [3.8, 4) is 5.75 Å². The molecule has 0 aliphatic heterocycles. The number of hydrogen-bond donors (Lipinski definition) is 2. The summed E-state index contributed by atoms with van der Waals surface area (Å²) in [5.74, 6) is 5.69. The molecule has 0 spiro atoms. The molecule has 0 atom stereocenters. The number of amides is 1. The van der Waals surface area contributed by atoms with E-state index in [9.17, 15) is 4.79 Å². The van der Waals surface area contributed by atoms with Crippen LogP contribution in [0.15, 0.2) is 29.1 Å². The molecule has 3 N–H and O–H groups in total. The van der Waals surface area contributed by atoms with Gasteiger partial charge in [0.1, 0.15) is 6.61 Å². The van der Waals surface area contributed by atoms with Crippen LogP contribution in [-0.2, 0) is 13.2 Å². The predicted octanol–water partition coefficient (Wildman–Crippen LogP) is 0.679. The highest BCUT2D eigenvalue weighted by Gasteiger charge is 2.14. The number of nitrogens with zero attached hydrogens (tertiary/aromatic N) is 2. The van der Waals surface area contributed by atoms with Crippen molar-refractivity contribution in [1.82, 2.24) is 15.2 Å². The highest BCUT2D eigenvalue weighted by Crippen LogP contribution is 2.15. The molecule has 7 heteroatoms. The molecule has 0 fully saturated rings. The molecule has 7 nitrogen and oxygen atoms in total. The molecular formula is C11H14N4O3.